The highest BCUT2D eigenvalue weighted by Crippen LogP contribution is 2.12. The fourth-order valence-corrected chi connectivity index (χ4v) is 1.14. The summed E-state index contributed by atoms with van der Waals surface area (Å²) in [6.45, 7) is 0.525. The summed E-state index contributed by atoms with van der Waals surface area (Å²) < 4.78 is 4.80. The fourth-order valence-electron chi connectivity index (χ4n) is 0.928. The van der Waals surface area contributed by atoms with Gasteiger partial charge in [-0.25, -0.2) is 0 Å². The minimum Gasteiger partial charge on any atom is -0.312 e. The minimum absolute atomic E-state index is 0.104. The zero-order valence-corrected chi connectivity index (χ0v) is 9.38. The molecule has 0 aliphatic heterocycles. The topological polar surface area (TPSA) is 52.4 Å². The molecule has 0 heterocycles. The average molecular weight is 305 g/mol. The summed E-state index contributed by atoms with van der Waals surface area (Å²) in [7, 11) is 0. The molecule has 1 aromatic carbocycles. The molecule has 5 heteroatoms. The third-order valence-corrected chi connectivity index (χ3v) is 1.93. The van der Waals surface area contributed by atoms with E-state index in [0.717, 1.165) is 5.56 Å². The van der Waals surface area contributed by atoms with Gasteiger partial charge in [0, 0.05) is 12.1 Å². The zero-order valence-electron chi connectivity index (χ0n) is 7.22. The third kappa shape index (κ3) is 3.43. The molecule has 1 aromatic rings. The van der Waals surface area contributed by atoms with Crippen molar-refractivity contribution in [1.29, 1.82) is 0 Å². The molecule has 0 aromatic heterocycles. The van der Waals surface area contributed by atoms with E-state index in [1.165, 1.54) is 12.1 Å². The normalized spacial score (nSPS) is 10.6. The van der Waals surface area contributed by atoms with Crippen LogP contribution in [0.25, 0.3) is 6.08 Å². The van der Waals surface area contributed by atoms with Gasteiger partial charge in [0.05, 0.1) is 11.5 Å². The van der Waals surface area contributed by atoms with Crippen LogP contribution in [0, 0.1) is 10.1 Å². The number of hydrogen-bond donors (Lipinski definition) is 0. The van der Waals surface area contributed by atoms with Gasteiger partial charge < -0.3 is 3.07 Å². The molecule has 0 saturated heterocycles. The van der Waals surface area contributed by atoms with Crippen molar-refractivity contribution in [2.75, 3.05) is 6.61 Å². The smallest absolute Gasteiger partial charge is 0.269 e. The van der Waals surface area contributed by atoms with Gasteiger partial charge in [-0.3, -0.25) is 10.1 Å². The van der Waals surface area contributed by atoms with Crippen molar-refractivity contribution < 1.29 is 7.99 Å². The van der Waals surface area contributed by atoms with Crippen LogP contribution < -0.4 is 0 Å². The standard InChI is InChI=1S/C9H8INO3/c10-14-7-1-2-8-3-5-9(6-4-8)11(12)13/h1-6H,7H2/b2-1+. The minimum atomic E-state index is -0.415. The number of nitrogens with zero attached hydrogens (tertiary/aromatic N) is 1. The molecular formula is C9H8INO3. The summed E-state index contributed by atoms with van der Waals surface area (Å²) in [6.07, 6.45) is 3.69. The number of nitro groups is 1. The van der Waals surface area contributed by atoms with Crippen LogP contribution in [0.1, 0.15) is 5.56 Å². The van der Waals surface area contributed by atoms with E-state index < -0.39 is 4.92 Å². The van der Waals surface area contributed by atoms with Crippen molar-refractivity contribution in [3.63, 3.8) is 0 Å². The number of nitro benzene ring substituents is 1. The molecule has 0 bridgehead atoms. The van der Waals surface area contributed by atoms with Gasteiger partial charge in [-0.15, -0.1) is 0 Å². The zero-order chi connectivity index (χ0) is 10.4. The van der Waals surface area contributed by atoms with E-state index in [1.807, 2.05) is 12.2 Å². The summed E-state index contributed by atoms with van der Waals surface area (Å²) in [5.74, 6) is 0. The molecule has 0 unspecified atom stereocenters. The van der Waals surface area contributed by atoms with Gasteiger partial charge >= 0.3 is 0 Å². The monoisotopic (exact) mass is 305 g/mol. The number of halogens is 1. The van der Waals surface area contributed by atoms with E-state index in [9.17, 15) is 10.1 Å². The van der Waals surface area contributed by atoms with E-state index in [4.69, 9.17) is 3.07 Å². The Bertz CT molecular complexity index is 334. The second kappa shape index (κ2) is 5.71. The lowest BCUT2D eigenvalue weighted by Gasteiger charge is -1.93. The lowest BCUT2D eigenvalue weighted by atomic mass is 10.2. The first kappa shape index (κ1) is 11.1. The lowest BCUT2D eigenvalue weighted by molar-refractivity contribution is -0.384. The summed E-state index contributed by atoms with van der Waals surface area (Å²) in [5, 5.41) is 10.3. The highest BCUT2D eigenvalue weighted by molar-refractivity contribution is 14.1. The molecule has 14 heavy (non-hydrogen) atoms. The van der Waals surface area contributed by atoms with Crippen molar-refractivity contribution >= 4 is 34.8 Å². The lowest BCUT2D eigenvalue weighted by Crippen LogP contribution is -1.86. The summed E-state index contributed by atoms with van der Waals surface area (Å²) in [5.41, 5.74) is 1.02. The van der Waals surface area contributed by atoms with E-state index >= 15 is 0 Å². The van der Waals surface area contributed by atoms with Crippen molar-refractivity contribution in [3.8, 4) is 0 Å². The van der Waals surface area contributed by atoms with Crippen LogP contribution >= 0.6 is 23.0 Å². The maximum absolute atomic E-state index is 10.3. The highest BCUT2D eigenvalue weighted by Gasteiger charge is 2.01. The van der Waals surface area contributed by atoms with Gasteiger partial charge in [0.1, 0.15) is 23.0 Å². The van der Waals surface area contributed by atoms with Crippen LogP contribution in [-0.4, -0.2) is 11.5 Å². The molecule has 0 radical (unpaired) electrons. The number of hydrogen-bond acceptors (Lipinski definition) is 3. The SMILES string of the molecule is O=[N+]([O-])c1ccc(/C=C/COI)cc1. The fraction of sp³-hybridized carbons (Fsp3) is 0.111. The van der Waals surface area contributed by atoms with Crippen LogP contribution in [0.4, 0.5) is 5.69 Å². The van der Waals surface area contributed by atoms with Gasteiger partial charge in [0.15, 0.2) is 0 Å². The van der Waals surface area contributed by atoms with Crippen molar-refractivity contribution in [1.82, 2.24) is 0 Å². The van der Waals surface area contributed by atoms with Gasteiger partial charge in [0.2, 0.25) is 0 Å². The first-order valence-electron chi connectivity index (χ1n) is 3.88. The average Bonchev–Trinajstić information content (AvgIpc) is 2.19. The molecule has 0 fully saturated rings. The molecule has 0 saturated carbocycles. The van der Waals surface area contributed by atoms with Gasteiger partial charge in [0.25, 0.3) is 5.69 Å². The Labute approximate surface area is 95.4 Å². The molecule has 0 amide bonds. The van der Waals surface area contributed by atoms with E-state index in [2.05, 4.69) is 0 Å². The van der Waals surface area contributed by atoms with E-state index in [1.54, 1.807) is 35.1 Å². The quantitative estimate of drug-likeness (QED) is 0.488. The highest BCUT2D eigenvalue weighted by atomic mass is 127. The molecule has 0 aliphatic carbocycles. The largest absolute Gasteiger partial charge is 0.312 e. The Kier molecular flexibility index (Phi) is 4.54. The Morgan fingerprint density at radius 2 is 2.07 bits per heavy atom. The summed E-state index contributed by atoms with van der Waals surface area (Å²) in [4.78, 5) is 9.92. The number of non-ortho nitro benzene ring substituents is 1. The molecule has 0 N–H and O–H groups in total. The van der Waals surface area contributed by atoms with Crippen molar-refractivity contribution in [2.24, 2.45) is 0 Å². The maximum Gasteiger partial charge on any atom is 0.269 e. The summed E-state index contributed by atoms with van der Waals surface area (Å²) >= 11 is 1.80. The van der Waals surface area contributed by atoms with Gasteiger partial charge in [-0.2, -0.15) is 0 Å². The van der Waals surface area contributed by atoms with Crippen LogP contribution in [-0.2, 0) is 3.07 Å². The predicted octanol–water partition coefficient (Wildman–Crippen LogP) is 2.97. The van der Waals surface area contributed by atoms with Crippen LogP contribution in [0.15, 0.2) is 30.3 Å². The Morgan fingerprint density at radius 1 is 1.43 bits per heavy atom. The van der Waals surface area contributed by atoms with E-state index in [0.29, 0.717) is 6.61 Å². The first-order chi connectivity index (χ1) is 6.74. The Morgan fingerprint density at radius 3 is 2.57 bits per heavy atom. The molecule has 0 atom stereocenters. The summed E-state index contributed by atoms with van der Waals surface area (Å²) in [6, 6.07) is 6.35. The molecular weight excluding hydrogens is 297 g/mol. The number of benzene rings is 1. The third-order valence-electron chi connectivity index (χ3n) is 1.57. The molecule has 0 aliphatic rings. The van der Waals surface area contributed by atoms with Crippen LogP contribution in [0.3, 0.4) is 0 Å². The van der Waals surface area contributed by atoms with Crippen LogP contribution in [0.2, 0.25) is 0 Å². The first-order valence-corrected chi connectivity index (χ1v) is 4.76. The maximum atomic E-state index is 10.3. The van der Waals surface area contributed by atoms with Gasteiger partial charge in [-0.1, -0.05) is 12.2 Å². The molecule has 4 nitrogen and oxygen atoms in total. The second-order valence-corrected chi connectivity index (χ2v) is 3.15. The van der Waals surface area contributed by atoms with Crippen LogP contribution in [0.5, 0.6) is 0 Å². The Hall–Kier alpha value is -0.950. The molecule has 74 valence electrons. The predicted molar refractivity (Wildman–Crippen MR) is 62.1 cm³/mol. The van der Waals surface area contributed by atoms with E-state index in [-0.39, 0.29) is 5.69 Å². The molecule has 1 rings (SSSR count). The van der Waals surface area contributed by atoms with Crippen molar-refractivity contribution in [3.05, 3.63) is 46.0 Å². The van der Waals surface area contributed by atoms with Gasteiger partial charge in [-0.05, 0) is 17.7 Å². The van der Waals surface area contributed by atoms with Crippen molar-refractivity contribution in [2.45, 2.75) is 0 Å². The molecule has 0 spiro atoms. The number of rotatable bonds is 4. The second-order valence-electron chi connectivity index (χ2n) is 2.53. The Balaban J connectivity index is 2.68.